The van der Waals surface area contributed by atoms with Crippen molar-refractivity contribution in [1.29, 1.82) is 0 Å². The Morgan fingerprint density at radius 3 is 2.86 bits per heavy atom. The minimum Gasteiger partial charge on any atom is -0.491 e. The summed E-state index contributed by atoms with van der Waals surface area (Å²) in [6, 6.07) is 14.4. The van der Waals surface area contributed by atoms with E-state index in [-0.39, 0.29) is 12.4 Å². The van der Waals surface area contributed by atoms with Gasteiger partial charge < -0.3 is 14.7 Å². The number of para-hydroxylation sites is 1. The van der Waals surface area contributed by atoms with Crippen molar-refractivity contribution in [3.8, 4) is 5.75 Å². The Morgan fingerprint density at radius 1 is 1.29 bits per heavy atom. The van der Waals surface area contributed by atoms with Crippen LogP contribution in [0.1, 0.15) is 6.42 Å². The second-order valence-corrected chi connectivity index (χ2v) is 8.20. The highest BCUT2D eigenvalue weighted by Crippen LogP contribution is 2.30. The number of hydrogen-bond donors (Lipinski definition) is 1. The third-order valence-corrected chi connectivity index (χ3v) is 6.23. The van der Waals surface area contributed by atoms with E-state index in [0.29, 0.717) is 18.3 Å². The Morgan fingerprint density at radius 2 is 2.07 bits per heavy atom. The molecule has 1 fully saturated rings. The van der Waals surface area contributed by atoms with Crippen molar-refractivity contribution in [1.82, 2.24) is 9.88 Å². The summed E-state index contributed by atoms with van der Waals surface area (Å²) < 4.78 is 19.7. The number of fused-ring (bicyclic) bond motifs is 1. The maximum absolute atomic E-state index is 12.9. The molecule has 3 aromatic rings. The van der Waals surface area contributed by atoms with Crippen molar-refractivity contribution in [2.75, 3.05) is 38.2 Å². The van der Waals surface area contributed by atoms with Gasteiger partial charge in [-0.1, -0.05) is 23.5 Å². The minimum atomic E-state index is -0.587. The quantitative estimate of drug-likeness (QED) is 0.658. The molecule has 1 aliphatic heterocycles. The van der Waals surface area contributed by atoms with Crippen molar-refractivity contribution in [2.45, 2.75) is 18.6 Å². The van der Waals surface area contributed by atoms with E-state index in [9.17, 15) is 9.50 Å². The number of benzene rings is 2. The van der Waals surface area contributed by atoms with Crippen LogP contribution in [0.5, 0.6) is 5.75 Å². The fourth-order valence-corrected chi connectivity index (χ4v) is 4.53. The SMILES string of the molecule is CN(c1nc2ccccc2s1)C1CCN(CC(O)COc2ccc(F)cc2)C1. The third kappa shape index (κ3) is 4.43. The van der Waals surface area contributed by atoms with Gasteiger partial charge in [0.05, 0.1) is 10.2 Å². The van der Waals surface area contributed by atoms with Crippen molar-refractivity contribution in [3.63, 3.8) is 0 Å². The third-order valence-electron chi connectivity index (χ3n) is 5.10. The molecule has 28 heavy (non-hydrogen) atoms. The molecule has 0 aliphatic carbocycles. The number of ether oxygens (including phenoxy) is 1. The van der Waals surface area contributed by atoms with Gasteiger partial charge in [0.1, 0.15) is 24.3 Å². The summed E-state index contributed by atoms with van der Waals surface area (Å²) in [5.41, 5.74) is 1.04. The number of likely N-dealkylation sites (tertiary alicyclic amines) is 1. The number of thiazole rings is 1. The van der Waals surface area contributed by atoms with E-state index in [1.165, 1.54) is 16.8 Å². The van der Waals surface area contributed by atoms with Crippen LogP contribution in [0.15, 0.2) is 48.5 Å². The van der Waals surface area contributed by atoms with Crippen LogP contribution in [0.25, 0.3) is 10.2 Å². The van der Waals surface area contributed by atoms with E-state index in [1.807, 2.05) is 18.2 Å². The molecular weight excluding hydrogens is 377 g/mol. The Kier molecular flexibility index (Phi) is 5.75. The Labute approximate surface area is 168 Å². The van der Waals surface area contributed by atoms with Crippen LogP contribution in [0.2, 0.25) is 0 Å². The molecule has 1 aliphatic rings. The van der Waals surface area contributed by atoms with Gasteiger partial charge in [0, 0.05) is 32.7 Å². The van der Waals surface area contributed by atoms with Crippen LogP contribution in [0.4, 0.5) is 9.52 Å². The van der Waals surface area contributed by atoms with Crippen LogP contribution >= 0.6 is 11.3 Å². The highest BCUT2D eigenvalue weighted by Gasteiger charge is 2.28. The molecule has 1 aromatic heterocycles. The molecule has 148 valence electrons. The fourth-order valence-electron chi connectivity index (χ4n) is 3.54. The average molecular weight is 402 g/mol. The molecule has 0 spiro atoms. The maximum atomic E-state index is 12.9. The Balaban J connectivity index is 1.27. The number of likely N-dealkylation sites (N-methyl/N-ethyl adjacent to an activating group) is 1. The molecule has 2 aromatic carbocycles. The van der Waals surface area contributed by atoms with E-state index in [2.05, 4.69) is 22.9 Å². The number of β-amino-alcohol motifs (C(OH)–C–C–N with tert-alkyl or cyclic N) is 1. The number of aliphatic hydroxyl groups is 1. The molecular formula is C21H24FN3O2S. The van der Waals surface area contributed by atoms with Gasteiger partial charge >= 0.3 is 0 Å². The number of anilines is 1. The summed E-state index contributed by atoms with van der Waals surface area (Å²) >= 11 is 1.71. The number of rotatable bonds is 7. The van der Waals surface area contributed by atoms with Crippen molar-refractivity contribution >= 4 is 26.7 Å². The smallest absolute Gasteiger partial charge is 0.186 e. The van der Waals surface area contributed by atoms with E-state index in [1.54, 1.807) is 23.5 Å². The van der Waals surface area contributed by atoms with Crippen LogP contribution < -0.4 is 9.64 Å². The first-order valence-electron chi connectivity index (χ1n) is 9.45. The van der Waals surface area contributed by atoms with Crippen LogP contribution in [0, 0.1) is 5.82 Å². The summed E-state index contributed by atoms with van der Waals surface area (Å²) in [6.07, 6.45) is 0.453. The highest BCUT2D eigenvalue weighted by atomic mass is 32.1. The monoisotopic (exact) mass is 401 g/mol. The lowest BCUT2D eigenvalue weighted by atomic mass is 10.2. The van der Waals surface area contributed by atoms with E-state index in [4.69, 9.17) is 9.72 Å². The molecule has 2 atom stereocenters. The lowest BCUT2D eigenvalue weighted by Crippen LogP contribution is -2.38. The number of aliphatic hydroxyl groups excluding tert-OH is 1. The van der Waals surface area contributed by atoms with Gasteiger partial charge in [-0.3, -0.25) is 4.90 Å². The first-order valence-corrected chi connectivity index (χ1v) is 10.3. The lowest BCUT2D eigenvalue weighted by Gasteiger charge is -2.25. The first-order chi connectivity index (χ1) is 13.6. The molecule has 0 radical (unpaired) electrons. The summed E-state index contributed by atoms with van der Waals surface area (Å²) in [7, 11) is 2.10. The topological polar surface area (TPSA) is 48.8 Å². The second kappa shape index (κ2) is 8.43. The highest BCUT2D eigenvalue weighted by molar-refractivity contribution is 7.22. The van der Waals surface area contributed by atoms with Crippen LogP contribution in [-0.2, 0) is 0 Å². The maximum Gasteiger partial charge on any atom is 0.186 e. The molecule has 1 N–H and O–H groups in total. The van der Waals surface area contributed by atoms with Crippen molar-refractivity contribution < 1.29 is 14.2 Å². The van der Waals surface area contributed by atoms with Crippen LogP contribution in [0.3, 0.4) is 0 Å². The summed E-state index contributed by atoms with van der Waals surface area (Å²) in [6.45, 7) is 2.58. The second-order valence-electron chi connectivity index (χ2n) is 7.20. The minimum absolute atomic E-state index is 0.195. The predicted octanol–water partition coefficient (Wildman–Crippen LogP) is 3.39. The molecule has 5 nitrogen and oxygen atoms in total. The molecule has 0 saturated carbocycles. The normalized spacial score (nSPS) is 18.5. The zero-order valence-corrected chi connectivity index (χ0v) is 16.6. The van der Waals surface area contributed by atoms with Gasteiger partial charge in [-0.15, -0.1) is 0 Å². The Bertz CT molecular complexity index is 884. The van der Waals surface area contributed by atoms with E-state index >= 15 is 0 Å². The zero-order chi connectivity index (χ0) is 19.5. The van der Waals surface area contributed by atoms with Gasteiger partial charge in [0.15, 0.2) is 5.13 Å². The molecule has 0 bridgehead atoms. The largest absolute Gasteiger partial charge is 0.491 e. The van der Waals surface area contributed by atoms with Gasteiger partial charge in [-0.2, -0.15) is 0 Å². The number of nitrogens with zero attached hydrogens (tertiary/aromatic N) is 3. The fraction of sp³-hybridized carbons (Fsp3) is 0.381. The number of aromatic nitrogens is 1. The van der Waals surface area contributed by atoms with Crippen molar-refractivity contribution in [2.24, 2.45) is 0 Å². The standard InChI is InChI=1S/C21H24FN3O2S/c1-24(21-23-19-4-2-3-5-20(19)28-21)16-10-11-25(12-16)13-17(26)14-27-18-8-6-15(22)7-9-18/h2-9,16-17,26H,10-14H2,1H3. The van der Waals surface area contributed by atoms with Gasteiger partial charge in [-0.05, 0) is 42.8 Å². The summed E-state index contributed by atoms with van der Waals surface area (Å²) in [4.78, 5) is 9.26. The van der Waals surface area contributed by atoms with Crippen molar-refractivity contribution in [3.05, 3.63) is 54.3 Å². The van der Waals surface area contributed by atoms with Gasteiger partial charge in [0.25, 0.3) is 0 Å². The lowest BCUT2D eigenvalue weighted by molar-refractivity contribution is 0.0754. The van der Waals surface area contributed by atoms with Gasteiger partial charge in [-0.25, -0.2) is 9.37 Å². The Hall–Kier alpha value is -2.22. The summed E-state index contributed by atoms with van der Waals surface area (Å²) in [5, 5.41) is 11.3. The van der Waals surface area contributed by atoms with E-state index < -0.39 is 6.10 Å². The average Bonchev–Trinajstić information content (AvgIpc) is 3.34. The molecule has 2 unspecified atom stereocenters. The van der Waals surface area contributed by atoms with Crippen LogP contribution in [-0.4, -0.2) is 60.4 Å². The first kappa shape index (κ1) is 19.1. The summed E-state index contributed by atoms with van der Waals surface area (Å²) in [5.74, 6) is 0.267. The molecule has 2 heterocycles. The van der Waals surface area contributed by atoms with E-state index in [0.717, 1.165) is 30.2 Å². The molecule has 7 heteroatoms. The number of halogens is 1. The molecule has 4 rings (SSSR count). The predicted molar refractivity (Wildman–Crippen MR) is 111 cm³/mol. The molecule has 1 saturated heterocycles. The number of hydrogen-bond acceptors (Lipinski definition) is 6. The van der Waals surface area contributed by atoms with Gasteiger partial charge in [0.2, 0.25) is 0 Å². The molecule has 0 amide bonds. The zero-order valence-electron chi connectivity index (χ0n) is 15.8.